The summed E-state index contributed by atoms with van der Waals surface area (Å²) in [6.45, 7) is 2.05. The van der Waals surface area contributed by atoms with E-state index in [4.69, 9.17) is 11.5 Å². The van der Waals surface area contributed by atoms with Crippen molar-refractivity contribution in [1.29, 1.82) is 0 Å². The Kier molecular flexibility index (Phi) is 5.35. The van der Waals surface area contributed by atoms with Gasteiger partial charge in [-0.25, -0.2) is 0 Å². The lowest BCUT2D eigenvalue weighted by atomic mass is 10.0. The van der Waals surface area contributed by atoms with Gasteiger partial charge < -0.3 is 11.5 Å². The van der Waals surface area contributed by atoms with Crippen molar-refractivity contribution in [2.45, 2.75) is 26.2 Å². The summed E-state index contributed by atoms with van der Waals surface area (Å²) in [5.41, 5.74) is 16.4. The topological polar surface area (TPSA) is 115 Å². The van der Waals surface area contributed by atoms with Gasteiger partial charge in [-0.05, 0) is 43.0 Å². The van der Waals surface area contributed by atoms with Gasteiger partial charge in [-0.15, -0.1) is 0 Å². The van der Waals surface area contributed by atoms with E-state index in [1.165, 1.54) is 11.1 Å². The fourth-order valence-electron chi connectivity index (χ4n) is 3.03. The first-order valence-electron chi connectivity index (χ1n) is 8.74. The molecule has 0 radical (unpaired) electrons. The number of nitrogens with one attached hydrogen (secondary N) is 1. The molecule has 6 heteroatoms. The number of nitrogens with two attached hydrogens (primary N) is 2. The van der Waals surface area contributed by atoms with Crippen LogP contribution in [0.2, 0.25) is 0 Å². The van der Waals surface area contributed by atoms with Crippen LogP contribution < -0.4 is 11.5 Å². The highest BCUT2D eigenvalue weighted by Gasteiger charge is 2.18. The lowest BCUT2D eigenvalue weighted by Crippen LogP contribution is -2.15. The lowest BCUT2D eigenvalue weighted by molar-refractivity contribution is 0.0991. The average molecular weight is 362 g/mol. The molecule has 6 nitrogen and oxygen atoms in total. The molecule has 3 rings (SSSR count). The van der Waals surface area contributed by atoms with Crippen molar-refractivity contribution in [2.75, 3.05) is 0 Å². The number of amides is 2. The van der Waals surface area contributed by atoms with E-state index in [-0.39, 0.29) is 0 Å². The van der Waals surface area contributed by atoms with Crippen molar-refractivity contribution in [3.8, 4) is 0 Å². The SMILES string of the molecule is Cc1ccc(CCc2n[nH]c(Cc3ccc(C(N)=O)cc3)c2C(N)=O)cc1. The second-order valence-corrected chi connectivity index (χ2v) is 6.61. The van der Waals surface area contributed by atoms with Crippen molar-refractivity contribution in [1.82, 2.24) is 10.2 Å². The third-order valence-electron chi connectivity index (χ3n) is 4.55. The van der Waals surface area contributed by atoms with Crippen molar-refractivity contribution in [3.05, 3.63) is 87.7 Å². The van der Waals surface area contributed by atoms with E-state index in [0.717, 1.165) is 12.0 Å². The minimum atomic E-state index is -0.494. The van der Waals surface area contributed by atoms with Gasteiger partial charge in [0.15, 0.2) is 0 Å². The number of aromatic amines is 1. The molecule has 0 aliphatic rings. The maximum absolute atomic E-state index is 12.0. The van der Waals surface area contributed by atoms with Gasteiger partial charge in [0, 0.05) is 12.0 Å². The van der Waals surface area contributed by atoms with Crippen LogP contribution >= 0.6 is 0 Å². The maximum Gasteiger partial charge on any atom is 0.252 e. The number of H-pyrrole nitrogens is 1. The van der Waals surface area contributed by atoms with Crippen LogP contribution in [-0.2, 0) is 19.3 Å². The van der Waals surface area contributed by atoms with Crippen molar-refractivity contribution in [3.63, 3.8) is 0 Å². The molecule has 27 heavy (non-hydrogen) atoms. The molecule has 0 aliphatic carbocycles. The molecule has 138 valence electrons. The molecule has 0 saturated heterocycles. The number of primary amides is 2. The summed E-state index contributed by atoms with van der Waals surface area (Å²) in [6.07, 6.45) is 1.87. The second kappa shape index (κ2) is 7.86. The summed E-state index contributed by atoms with van der Waals surface area (Å²) in [6, 6.07) is 15.2. The van der Waals surface area contributed by atoms with E-state index in [2.05, 4.69) is 34.5 Å². The van der Waals surface area contributed by atoms with Crippen molar-refractivity contribution in [2.24, 2.45) is 11.5 Å². The zero-order chi connectivity index (χ0) is 19.4. The molecule has 0 fully saturated rings. The number of rotatable bonds is 7. The maximum atomic E-state index is 12.0. The molecule has 5 N–H and O–H groups in total. The fourth-order valence-corrected chi connectivity index (χ4v) is 3.03. The molecule has 2 amide bonds. The molecule has 2 aromatic carbocycles. The van der Waals surface area contributed by atoms with Gasteiger partial charge in [-0.3, -0.25) is 14.7 Å². The van der Waals surface area contributed by atoms with Crippen LogP contribution in [0.15, 0.2) is 48.5 Å². The summed E-state index contributed by atoms with van der Waals surface area (Å²) in [7, 11) is 0. The Hall–Kier alpha value is -3.41. The van der Waals surface area contributed by atoms with Crippen molar-refractivity contribution >= 4 is 11.8 Å². The molecule has 3 aromatic rings. The first-order valence-corrected chi connectivity index (χ1v) is 8.74. The summed E-state index contributed by atoms with van der Waals surface area (Å²) in [5, 5.41) is 7.26. The van der Waals surface area contributed by atoms with Gasteiger partial charge >= 0.3 is 0 Å². The monoisotopic (exact) mass is 362 g/mol. The Morgan fingerprint density at radius 2 is 1.52 bits per heavy atom. The Balaban J connectivity index is 1.77. The van der Waals surface area contributed by atoms with Gasteiger partial charge in [-0.2, -0.15) is 5.10 Å². The van der Waals surface area contributed by atoms with E-state index < -0.39 is 11.8 Å². The van der Waals surface area contributed by atoms with Gasteiger partial charge in [-0.1, -0.05) is 42.0 Å². The molecule has 0 unspecified atom stereocenters. The molecule has 0 aliphatic heterocycles. The number of nitrogens with zero attached hydrogens (tertiary/aromatic N) is 1. The van der Waals surface area contributed by atoms with Crippen LogP contribution in [0.1, 0.15) is 48.8 Å². The smallest absolute Gasteiger partial charge is 0.252 e. The molecular formula is C21H22N4O2. The van der Waals surface area contributed by atoms with Crippen LogP contribution in [-0.4, -0.2) is 22.0 Å². The predicted octanol–water partition coefficient (Wildman–Crippen LogP) is 2.29. The minimum Gasteiger partial charge on any atom is -0.366 e. The molecule has 1 aromatic heterocycles. The fraction of sp³-hybridized carbons (Fsp3) is 0.190. The number of aromatic nitrogens is 2. The molecule has 1 heterocycles. The number of benzene rings is 2. The quantitative estimate of drug-likeness (QED) is 0.599. The first-order chi connectivity index (χ1) is 12.9. The van der Waals surface area contributed by atoms with Crippen LogP contribution in [0.3, 0.4) is 0 Å². The Morgan fingerprint density at radius 1 is 0.889 bits per heavy atom. The van der Waals surface area contributed by atoms with Gasteiger partial charge in [0.25, 0.3) is 5.91 Å². The Bertz CT molecular complexity index is 957. The van der Waals surface area contributed by atoms with E-state index in [1.807, 2.05) is 6.92 Å². The summed E-state index contributed by atoms with van der Waals surface area (Å²) in [4.78, 5) is 23.2. The second-order valence-electron chi connectivity index (χ2n) is 6.61. The number of aryl methyl sites for hydroxylation is 3. The predicted molar refractivity (Wildman–Crippen MR) is 103 cm³/mol. The van der Waals surface area contributed by atoms with Crippen LogP contribution in [0.5, 0.6) is 0 Å². The van der Waals surface area contributed by atoms with Crippen LogP contribution in [0.4, 0.5) is 0 Å². The van der Waals surface area contributed by atoms with Gasteiger partial charge in [0.2, 0.25) is 5.91 Å². The highest BCUT2D eigenvalue weighted by molar-refractivity contribution is 5.95. The number of carbonyl (C=O) groups is 2. The zero-order valence-electron chi connectivity index (χ0n) is 15.2. The van der Waals surface area contributed by atoms with Gasteiger partial charge in [0.1, 0.15) is 0 Å². The largest absolute Gasteiger partial charge is 0.366 e. The summed E-state index contributed by atoms with van der Waals surface area (Å²) >= 11 is 0. The highest BCUT2D eigenvalue weighted by Crippen LogP contribution is 2.18. The van der Waals surface area contributed by atoms with E-state index >= 15 is 0 Å². The molecular weight excluding hydrogens is 340 g/mol. The average Bonchev–Trinajstić information content (AvgIpc) is 3.04. The number of carbonyl (C=O) groups excluding carboxylic acids is 2. The molecule has 0 spiro atoms. The normalized spacial score (nSPS) is 10.7. The van der Waals surface area contributed by atoms with E-state index in [0.29, 0.717) is 35.4 Å². The summed E-state index contributed by atoms with van der Waals surface area (Å²) < 4.78 is 0. The van der Waals surface area contributed by atoms with E-state index in [1.54, 1.807) is 24.3 Å². The number of hydrogen-bond acceptors (Lipinski definition) is 3. The molecule has 0 bridgehead atoms. The van der Waals surface area contributed by atoms with Crippen molar-refractivity contribution < 1.29 is 9.59 Å². The lowest BCUT2D eigenvalue weighted by Gasteiger charge is -2.05. The highest BCUT2D eigenvalue weighted by atomic mass is 16.1. The third kappa shape index (κ3) is 4.41. The first kappa shape index (κ1) is 18.4. The standard InChI is InChI=1S/C21H22N4O2/c1-13-2-4-14(5-3-13)8-11-17-19(21(23)27)18(25-24-17)12-15-6-9-16(10-7-15)20(22)26/h2-7,9-10H,8,11-12H2,1H3,(H2,22,26)(H2,23,27)(H,24,25). The van der Waals surface area contributed by atoms with Crippen LogP contribution in [0.25, 0.3) is 0 Å². The summed E-state index contributed by atoms with van der Waals surface area (Å²) in [5.74, 6) is -0.967. The third-order valence-corrected chi connectivity index (χ3v) is 4.55. The Labute approximate surface area is 157 Å². The van der Waals surface area contributed by atoms with Crippen LogP contribution in [0, 0.1) is 6.92 Å². The minimum absolute atomic E-state index is 0.442. The Morgan fingerprint density at radius 3 is 2.11 bits per heavy atom. The molecule has 0 atom stereocenters. The zero-order valence-corrected chi connectivity index (χ0v) is 15.2. The number of hydrogen-bond donors (Lipinski definition) is 3. The molecule has 0 saturated carbocycles. The van der Waals surface area contributed by atoms with E-state index in [9.17, 15) is 9.59 Å². The van der Waals surface area contributed by atoms with Gasteiger partial charge in [0.05, 0.1) is 17.0 Å².